The molecule has 2 aliphatic heterocycles. The van der Waals surface area contributed by atoms with Crippen molar-refractivity contribution in [3.8, 4) is 23.0 Å². The van der Waals surface area contributed by atoms with Crippen LogP contribution in [0.2, 0.25) is 0 Å². The Hall–Kier alpha value is -2.36. The largest absolute Gasteiger partial charge is 0.508 e. The molecule has 1 N–H and O–H groups in total. The molecule has 0 radical (unpaired) electrons. The molecule has 0 fully saturated rings. The molecule has 4 rings (SSSR count). The molecule has 102 valence electrons. The molecule has 2 aliphatic rings. The fourth-order valence-electron chi connectivity index (χ4n) is 2.73. The normalized spacial score (nSPS) is 19.3. The van der Waals surface area contributed by atoms with Gasteiger partial charge in [-0.1, -0.05) is 12.1 Å². The van der Waals surface area contributed by atoms with E-state index in [0.717, 1.165) is 29.2 Å². The lowest BCUT2D eigenvalue weighted by atomic mass is 9.90. The minimum absolute atomic E-state index is 0.277. The minimum Gasteiger partial charge on any atom is -0.508 e. The Morgan fingerprint density at radius 3 is 2.45 bits per heavy atom. The molecule has 0 aliphatic carbocycles. The van der Waals surface area contributed by atoms with Crippen LogP contribution >= 0.6 is 0 Å². The topological polar surface area (TPSA) is 47.9 Å². The molecule has 0 saturated carbocycles. The first-order chi connectivity index (χ1) is 9.79. The summed E-state index contributed by atoms with van der Waals surface area (Å²) < 4.78 is 16.6. The summed E-state index contributed by atoms with van der Waals surface area (Å²) >= 11 is 0. The Bertz CT molecular complexity index is 648. The molecule has 4 nitrogen and oxygen atoms in total. The van der Waals surface area contributed by atoms with Gasteiger partial charge in [0.15, 0.2) is 11.5 Å². The zero-order valence-electron chi connectivity index (χ0n) is 10.8. The summed E-state index contributed by atoms with van der Waals surface area (Å²) in [6.45, 7) is 0.914. The third-order valence-electron chi connectivity index (χ3n) is 3.83. The van der Waals surface area contributed by atoms with E-state index in [0.29, 0.717) is 12.5 Å². The molecule has 0 amide bonds. The zero-order valence-corrected chi connectivity index (χ0v) is 10.8. The van der Waals surface area contributed by atoms with Crippen LogP contribution in [0.1, 0.15) is 17.0 Å². The van der Waals surface area contributed by atoms with Crippen molar-refractivity contribution in [1.29, 1.82) is 0 Å². The van der Waals surface area contributed by atoms with Gasteiger partial charge in [-0.05, 0) is 35.7 Å². The van der Waals surface area contributed by atoms with Crippen molar-refractivity contribution in [2.24, 2.45) is 0 Å². The van der Waals surface area contributed by atoms with Crippen LogP contribution in [0.3, 0.4) is 0 Å². The van der Waals surface area contributed by atoms with E-state index in [2.05, 4.69) is 0 Å². The summed E-state index contributed by atoms with van der Waals surface area (Å²) in [7, 11) is 0. The van der Waals surface area contributed by atoms with Gasteiger partial charge >= 0.3 is 0 Å². The fraction of sp³-hybridized carbons (Fsp3) is 0.250. The molecule has 0 spiro atoms. The molecule has 0 aromatic heterocycles. The molecule has 4 heteroatoms. The van der Waals surface area contributed by atoms with Gasteiger partial charge in [0, 0.05) is 12.0 Å². The van der Waals surface area contributed by atoms with Gasteiger partial charge in [0.05, 0.1) is 6.61 Å². The SMILES string of the molecule is Oc1ccc(C2COc3cc4c(cc3C2)OCO4)cc1. The van der Waals surface area contributed by atoms with Crippen LogP contribution in [0.4, 0.5) is 0 Å². The average Bonchev–Trinajstić information content (AvgIpc) is 2.92. The zero-order chi connectivity index (χ0) is 13.5. The van der Waals surface area contributed by atoms with Gasteiger partial charge in [0.1, 0.15) is 11.5 Å². The summed E-state index contributed by atoms with van der Waals surface area (Å²) in [6, 6.07) is 11.2. The van der Waals surface area contributed by atoms with E-state index in [1.165, 1.54) is 5.56 Å². The van der Waals surface area contributed by atoms with Crippen molar-refractivity contribution < 1.29 is 19.3 Å². The number of aromatic hydroxyl groups is 1. The van der Waals surface area contributed by atoms with E-state index in [1.54, 1.807) is 12.1 Å². The molecule has 1 atom stereocenters. The molecular formula is C16H14O4. The quantitative estimate of drug-likeness (QED) is 0.865. The number of hydrogen-bond donors (Lipinski definition) is 1. The van der Waals surface area contributed by atoms with Gasteiger partial charge < -0.3 is 19.3 Å². The number of ether oxygens (including phenoxy) is 3. The smallest absolute Gasteiger partial charge is 0.231 e. The number of rotatable bonds is 1. The Morgan fingerprint density at radius 2 is 1.65 bits per heavy atom. The maximum atomic E-state index is 9.36. The van der Waals surface area contributed by atoms with Gasteiger partial charge in [-0.3, -0.25) is 0 Å². The average molecular weight is 270 g/mol. The standard InChI is InChI=1S/C16H14O4/c17-13-3-1-10(2-4-13)12-5-11-6-15-16(20-9-19-15)7-14(11)18-8-12/h1-4,6-7,12,17H,5,8-9H2. The predicted molar refractivity (Wildman–Crippen MR) is 72.6 cm³/mol. The van der Waals surface area contributed by atoms with Crippen molar-refractivity contribution in [3.05, 3.63) is 47.5 Å². The van der Waals surface area contributed by atoms with Gasteiger partial charge in [-0.25, -0.2) is 0 Å². The van der Waals surface area contributed by atoms with Crippen LogP contribution in [0.5, 0.6) is 23.0 Å². The van der Waals surface area contributed by atoms with Crippen LogP contribution < -0.4 is 14.2 Å². The number of fused-ring (bicyclic) bond motifs is 2. The fourth-order valence-corrected chi connectivity index (χ4v) is 2.73. The number of phenols is 1. The van der Waals surface area contributed by atoms with Gasteiger partial charge in [-0.2, -0.15) is 0 Å². The Morgan fingerprint density at radius 1 is 0.900 bits per heavy atom. The molecule has 2 heterocycles. The maximum absolute atomic E-state index is 9.36. The van der Waals surface area contributed by atoms with E-state index < -0.39 is 0 Å². The monoisotopic (exact) mass is 270 g/mol. The molecule has 0 saturated heterocycles. The highest BCUT2D eigenvalue weighted by Gasteiger charge is 2.25. The summed E-state index contributed by atoms with van der Waals surface area (Å²) in [5.74, 6) is 3.01. The van der Waals surface area contributed by atoms with Crippen molar-refractivity contribution in [2.45, 2.75) is 12.3 Å². The van der Waals surface area contributed by atoms with Crippen LogP contribution in [-0.2, 0) is 6.42 Å². The highest BCUT2D eigenvalue weighted by Crippen LogP contribution is 2.42. The lowest BCUT2D eigenvalue weighted by Crippen LogP contribution is -2.19. The highest BCUT2D eigenvalue weighted by molar-refractivity contribution is 5.53. The van der Waals surface area contributed by atoms with E-state index in [9.17, 15) is 5.11 Å². The lowest BCUT2D eigenvalue weighted by Gasteiger charge is -2.26. The van der Waals surface area contributed by atoms with Crippen molar-refractivity contribution >= 4 is 0 Å². The van der Waals surface area contributed by atoms with Gasteiger partial charge in [-0.15, -0.1) is 0 Å². The van der Waals surface area contributed by atoms with Crippen LogP contribution in [0.25, 0.3) is 0 Å². The molecule has 2 aromatic carbocycles. The second kappa shape index (κ2) is 4.34. The van der Waals surface area contributed by atoms with Crippen LogP contribution in [0.15, 0.2) is 36.4 Å². The predicted octanol–water partition coefficient (Wildman–Crippen LogP) is 2.84. The maximum Gasteiger partial charge on any atom is 0.231 e. The second-order valence-electron chi connectivity index (χ2n) is 5.12. The molecular weight excluding hydrogens is 256 g/mol. The number of hydrogen-bond acceptors (Lipinski definition) is 4. The van der Waals surface area contributed by atoms with Crippen LogP contribution in [0, 0.1) is 0 Å². The van der Waals surface area contributed by atoms with Gasteiger partial charge in [0.25, 0.3) is 0 Å². The highest BCUT2D eigenvalue weighted by atomic mass is 16.7. The van der Waals surface area contributed by atoms with Crippen molar-refractivity contribution in [2.75, 3.05) is 13.4 Å². The Balaban J connectivity index is 1.64. The van der Waals surface area contributed by atoms with E-state index in [4.69, 9.17) is 14.2 Å². The second-order valence-corrected chi connectivity index (χ2v) is 5.12. The van der Waals surface area contributed by atoms with Gasteiger partial charge in [0.2, 0.25) is 6.79 Å². The van der Waals surface area contributed by atoms with E-state index in [1.807, 2.05) is 24.3 Å². The molecule has 1 unspecified atom stereocenters. The Kier molecular flexibility index (Phi) is 2.49. The summed E-state index contributed by atoms with van der Waals surface area (Å²) in [6.07, 6.45) is 0.900. The molecule has 2 aromatic rings. The first-order valence-electron chi connectivity index (χ1n) is 6.64. The Labute approximate surface area is 116 Å². The van der Waals surface area contributed by atoms with E-state index >= 15 is 0 Å². The molecule has 0 bridgehead atoms. The summed E-state index contributed by atoms with van der Waals surface area (Å²) in [5, 5.41) is 9.36. The number of phenolic OH excluding ortho intramolecular Hbond substituents is 1. The van der Waals surface area contributed by atoms with Crippen molar-refractivity contribution in [3.63, 3.8) is 0 Å². The number of benzene rings is 2. The summed E-state index contributed by atoms with van der Waals surface area (Å²) in [4.78, 5) is 0. The first-order valence-corrected chi connectivity index (χ1v) is 6.64. The van der Waals surface area contributed by atoms with Crippen molar-refractivity contribution in [1.82, 2.24) is 0 Å². The molecule has 20 heavy (non-hydrogen) atoms. The minimum atomic E-state index is 0.277. The van der Waals surface area contributed by atoms with Crippen LogP contribution in [-0.4, -0.2) is 18.5 Å². The third kappa shape index (κ3) is 1.84. The third-order valence-corrected chi connectivity index (χ3v) is 3.83. The lowest BCUT2D eigenvalue weighted by molar-refractivity contribution is 0.174. The first kappa shape index (κ1) is 11.5. The van der Waals surface area contributed by atoms with E-state index in [-0.39, 0.29) is 12.5 Å². The summed E-state index contributed by atoms with van der Waals surface area (Å²) in [5.41, 5.74) is 2.31.